The highest BCUT2D eigenvalue weighted by molar-refractivity contribution is 6.29. The minimum absolute atomic E-state index is 0.113. The SMILES string of the molecule is N#CCC(O)C(O)c1ccc2nc(Cl)ccc2c1. The number of rotatable bonds is 3. The second kappa shape index (κ2) is 5.32. The van der Waals surface area contributed by atoms with E-state index in [0.717, 1.165) is 5.39 Å². The van der Waals surface area contributed by atoms with Crippen molar-refractivity contribution in [3.05, 3.63) is 41.0 Å². The molecule has 0 spiro atoms. The molecule has 2 unspecified atom stereocenters. The molecular formula is C13H11ClN2O2. The summed E-state index contributed by atoms with van der Waals surface area (Å²) in [5.41, 5.74) is 1.27. The molecule has 0 fully saturated rings. The third-order valence-corrected chi connectivity index (χ3v) is 2.90. The van der Waals surface area contributed by atoms with Gasteiger partial charge < -0.3 is 10.2 Å². The van der Waals surface area contributed by atoms with Gasteiger partial charge in [-0.15, -0.1) is 0 Å². The molecule has 0 amide bonds. The predicted molar refractivity (Wildman–Crippen MR) is 67.9 cm³/mol. The molecule has 1 aromatic heterocycles. The van der Waals surface area contributed by atoms with E-state index in [9.17, 15) is 10.2 Å². The van der Waals surface area contributed by atoms with Gasteiger partial charge in [0.2, 0.25) is 0 Å². The molecule has 92 valence electrons. The third kappa shape index (κ3) is 2.59. The second-order valence-electron chi connectivity index (χ2n) is 3.96. The molecule has 1 aromatic carbocycles. The van der Waals surface area contributed by atoms with E-state index in [1.54, 1.807) is 30.3 Å². The smallest absolute Gasteiger partial charge is 0.129 e. The maximum Gasteiger partial charge on any atom is 0.129 e. The van der Waals surface area contributed by atoms with Crippen LogP contribution >= 0.6 is 11.6 Å². The number of hydrogen-bond donors (Lipinski definition) is 2. The number of nitriles is 1. The first-order chi connectivity index (χ1) is 8.61. The Morgan fingerprint density at radius 2 is 2.06 bits per heavy atom. The van der Waals surface area contributed by atoms with Gasteiger partial charge in [0, 0.05) is 5.39 Å². The molecule has 0 radical (unpaired) electrons. The van der Waals surface area contributed by atoms with Gasteiger partial charge in [-0.05, 0) is 29.8 Å². The Kier molecular flexibility index (Phi) is 3.78. The van der Waals surface area contributed by atoms with E-state index in [1.807, 2.05) is 6.07 Å². The zero-order chi connectivity index (χ0) is 13.1. The average Bonchev–Trinajstić information content (AvgIpc) is 2.37. The van der Waals surface area contributed by atoms with Gasteiger partial charge in [0.05, 0.1) is 24.1 Å². The molecule has 1 heterocycles. The first kappa shape index (κ1) is 12.8. The Bertz CT molecular complexity index is 609. The van der Waals surface area contributed by atoms with E-state index in [4.69, 9.17) is 16.9 Å². The van der Waals surface area contributed by atoms with Gasteiger partial charge in [-0.25, -0.2) is 4.98 Å². The maximum atomic E-state index is 9.89. The first-order valence-electron chi connectivity index (χ1n) is 5.41. The topological polar surface area (TPSA) is 77.1 Å². The van der Waals surface area contributed by atoms with Crippen molar-refractivity contribution in [2.75, 3.05) is 0 Å². The molecule has 0 bridgehead atoms. The van der Waals surface area contributed by atoms with Crippen molar-refractivity contribution < 1.29 is 10.2 Å². The van der Waals surface area contributed by atoms with Crippen LogP contribution in [0.1, 0.15) is 18.1 Å². The Hall–Kier alpha value is -1.67. The minimum Gasteiger partial charge on any atom is -0.389 e. The van der Waals surface area contributed by atoms with Crippen LogP contribution in [0.4, 0.5) is 0 Å². The van der Waals surface area contributed by atoms with Crippen molar-refractivity contribution in [3.8, 4) is 6.07 Å². The lowest BCUT2D eigenvalue weighted by atomic mass is 10.0. The van der Waals surface area contributed by atoms with Crippen LogP contribution in [0.5, 0.6) is 0 Å². The number of aliphatic hydroxyl groups is 2. The summed E-state index contributed by atoms with van der Waals surface area (Å²) in [4.78, 5) is 4.13. The molecule has 5 heteroatoms. The molecule has 0 saturated carbocycles. The summed E-state index contributed by atoms with van der Waals surface area (Å²) in [5, 5.41) is 29.2. The Morgan fingerprint density at radius 1 is 1.28 bits per heavy atom. The van der Waals surface area contributed by atoms with Crippen LogP contribution in [0.25, 0.3) is 10.9 Å². The zero-order valence-electron chi connectivity index (χ0n) is 9.42. The zero-order valence-corrected chi connectivity index (χ0v) is 10.2. The fourth-order valence-electron chi connectivity index (χ4n) is 1.73. The number of halogens is 1. The molecular weight excluding hydrogens is 252 g/mol. The minimum atomic E-state index is -1.09. The van der Waals surface area contributed by atoms with Crippen LogP contribution in [0.15, 0.2) is 30.3 Å². The highest BCUT2D eigenvalue weighted by Gasteiger charge is 2.18. The van der Waals surface area contributed by atoms with Gasteiger partial charge in [0.25, 0.3) is 0 Å². The summed E-state index contributed by atoms with van der Waals surface area (Å²) < 4.78 is 0. The van der Waals surface area contributed by atoms with Gasteiger partial charge in [0.1, 0.15) is 11.3 Å². The van der Waals surface area contributed by atoms with Gasteiger partial charge in [-0.1, -0.05) is 17.7 Å². The average molecular weight is 263 g/mol. The van der Waals surface area contributed by atoms with Crippen molar-refractivity contribution in [2.45, 2.75) is 18.6 Å². The fourth-order valence-corrected chi connectivity index (χ4v) is 1.88. The Balaban J connectivity index is 2.35. The van der Waals surface area contributed by atoms with Gasteiger partial charge in [0.15, 0.2) is 0 Å². The first-order valence-corrected chi connectivity index (χ1v) is 5.79. The summed E-state index contributed by atoms with van der Waals surface area (Å²) >= 11 is 5.78. The van der Waals surface area contributed by atoms with E-state index >= 15 is 0 Å². The van der Waals surface area contributed by atoms with Crippen molar-refractivity contribution in [1.29, 1.82) is 5.26 Å². The van der Waals surface area contributed by atoms with Crippen LogP contribution in [0.3, 0.4) is 0 Å². The molecule has 18 heavy (non-hydrogen) atoms. The highest BCUT2D eigenvalue weighted by Crippen LogP contribution is 2.23. The summed E-state index contributed by atoms with van der Waals surface area (Å²) in [6.45, 7) is 0. The summed E-state index contributed by atoms with van der Waals surface area (Å²) in [7, 11) is 0. The molecule has 0 aliphatic rings. The van der Waals surface area contributed by atoms with Crippen molar-refractivity contribution in [3.63, 3.8) is 0 Å². The maximum absolute atomic E-state index is 9.89. The number of nitrogens with zero attached hydrogens (tertiary/aromatic N) is 2. The van der Waals surface area contributed by atoms with E-state index in [1.165, 1.54) is 0 Å². The van der Waals surface area contributed by atoms with Crippen LogP contribution in [-0.4, -0.2) is 21.3 Å². The van der Waals surface area contributed by atoms with Crippen LogP contribution < -0.4 is 0 Å². The normalized spacial score (nSPS) is 14.1. The summed E-state index contributed by atoms with van der Waals surface area (Å²) in [6.07, 6.45) is -2.28. The number of aliphatic hydroxyl groups excluding tert-OH is 2. The molecule has 4 nitrogen and oxygen atoms in total. The number of aromatic nitrogens is 1. The summed E-state index contributed by atoms with van der Waals surface area (Å²) in [6, 6.07) is 10.4. The molecule has 2 N–H and O–H groups in total. The van der Waals surface area contributed by atoms with E-state index in [0.29, 0.717) is 16.2 Å². The van der Waals surface area contributed by atoms with Gasteiger partial charge in [-0.3, -0.25) is 0 Å². The molecule has 0 aliphatic carbocycles. The van der Waals surface area contributed by atoms with Gasteiger partial charge in [-0.2, -0.15) is 5.26 Å². The number of fused-ring (bicyclic) bond motifs is 1. The molecule has 0 saturated heterocycles. The molecule has 2 rings (SSSR count). The van der Waals surface area contributed by atoms with E-state index in [-0.39, 0.29) is 6.42 Å². The van der Waals surface area contributed by atoms with Gasteiger partial charge >= 0.3 is 0 Å². The largest absolute Gasteiger partial charge is 0.389 e. The van der Waals surface area contributed by atoms with Crippen molar-refractivity contribution in [2.24, 2.45) is 0 Å². The van der Waals surface area contributed by atoms with E-state index < -0.39 is 12.2 Å². The van der Waals surface area contributed by atoms with Crippen LogP contribution in [0, 0.1) is 11.3 Å². The van der Waals surface area contributed by atoms with E-state index in [2.05, 4.69) is 4.98 Å². The predicted octanol–water partition coefficient (Wildman–Crippen LogP) is 2.20. The Labute approximate surface area is 109 Å². The number of hydrogen-bond acceptors (Lipinski definition) is 4. The van der Waals surface area contributed by atoms with Crippen LogP contribution in [-0.2, 0) is 0 Å². The highest BCUT2D eigenvalue weighted by atomic mass is 35.5. The lowest BCUT2D eigenvalue weighted by Crippen LogP contribution is -2.17. The number of benzene rings is 1. The second-order valence-corrected chi connectivity index (χ2v) is 4.35. The van der Waals surface area contributed by atoms with Crippen molar-refractivity contribution in [1.82, 2.24) is 4.98 Å². The standard InChI is InChI=1S/C13H11ClN2O2/c14-12-4-2-8-7-9(1-3-10(8)16-12)13(18)11(17)5-6-15/h1-4,7,11,13,17-18H,5H2. The Morgan fingerprint density at radius 3 is 2.78 bits per heavy atom. The monoisotopic (exact) mass is 262 g/mol. The number of pyridine rings is 1. The summed E-state index contributed by atoms with van der Waals surface area (Å²) in [5.74, 6) is 0. The third-order valence-electron chi connectivity index (χ3n) is 2.69. The fraction of sp³-hybridized carbons (Fsp3) is 0.231. The van der Waals surface area contributed by atoms with Crippen molar-refractivity contribution >= 4 is 22.5 Å². The molecule has 2 atom stereocenters. The lowest BCUT2D eigenvalue weighted by Gasteiger charge is -2.15. The molecule has 0 aliphatic heterocycles. The molecule has 2 aromatic rings. The van der Waals surface area contributed by atoms with Crippen LogP contribution in [0.2, 0.25) is 5.15 Å². The lowest BCUT2D eigenvalue weighted by molar-refractivity contribution is 0.0217. The quantitative estimate of drug-likeness (QED) is 0.832.